The molecule has 5 heteroatoms. The van der Waals surface area contributed by atoms with E-state index in [2.05, 4.69) is 6.92 Å². The number of likely N-dealkylation sites (tertiary alicyclic amines) is 1. The van der Waals surface area contributed by atoms with Gasteiger partial charge in [0, 0.05) is 19.1 Å². The third kappa shape index (κ3) is 5.13. The summed E-state index contributed by atoms with van der Waals surface area (Å²) < 4.78 is 11.8. The van der Waals surface area contributed by atoms with E-state index >= 15 is 0 Å². The van der Waals surface area contributed by atoms with Crippen LogP contribution in [0.15, 0.2) is 0 Å². The number of hydrogen-bond acceptors (Lipinski definition) is 4. The van der Waals surface area contributed by atoms with Crippen LogP contribution in [0.4, 0.5) is 4.79 Å². The molecule has 5 nitrogen and oxygen atoms in total. The quantitative estimate of drug-likeness (QED) is 0.851. The van der Waals surface area contributed by atoms with Crippen molar-refractivity contribution in [1.29, 1.82) is 0 Å². The molecule has 1 aliphatic heterocycles. The van der Waals surface area contributed by atoms with Crippen LogP contribution in [-0.2, 0) is 9.47 Å². The SMILES string of the molecule is CC(C)(C)OC(=O)N1CCC(C)(OC2CCC(N)CC2)CC1. The Morgan fingerprint density at radius 2 is 1.68 bits per heavy atom. The Bertz CT molecular complexity index is 376. The maximum Gasteiger partial charge on any atom is 0.410 e. The van der Waals surface area contributed by atoms with Crippen LogP contribution in [0.25, 0.3) is 0 Å². The summed E-state index contributed by atoms with van der Waals surface area (Å²) in [6.07, 6.45) is 6.11. The summed E-state index contributed by atoms with van der Waals surface area (Å²) in [5, 5.41) is 0. The molecular formula is C17H32N2O3. The van der Waals surface area contributed by atoms with E-state index in [0.29, 0.717) is 25.2 Å². The maximum atomic E-state index is 12.1. The van der Waals surface area contributed by atoms with E-state index in [1.54, 1.807) is 4.90 Å². The summed E-state index contributed by atoms with van der Waals surface area (Å²) >= 11 is 0. The van der Waals surface area contributed by atoms with Gasteiger partial charge in [-0.15, -0.1) is 0 Å². The number of ether oxygens (including phenoxy) is 2. The molecule has 2 aliphatic rings. The highest BCUT2D eigenvalue weighted by Gasteiger charge is 2.36. The zero-order valence-corrected chi connectivity index (χ0v) is 14.6. The minimum Gasteiger partial charge on any atom is -0.444 e. The fourth-order valence-electron chi connectivity index (χ4n) is 3.22. The number of amides is 1. The first-order chi connectivity index (χ1) is 10.2. The van der Waals surface area contributed by atoms with E-state index in [-0.39, 0.29) is 11.7 Å². The van der Waals surface area contributed by atoms with Gasteiger partial charge >= 0.3 is 6.09 Å². The van der Waals surface area contributed by atoms with Crippen molar-refractivity contribution in [3.63, 3.8) is 0 Å². The third-order valence-corrected chi connectivity index (χ3v) is 4.64. The lowest BCUT2D eigenvalue weighted by atomic mass is 9.90. The average molecular weight is 312 g/mol. The van der Waals surface area contributed by atoms with Crippen LogP contribution in [0.3, 0.4) is 0 Å². The van der Waals surface area contributed by atoms with Gasteiger partial charge in [0.05, 0.1) is 11.7 Å². The molecule has 1 amide bonds. The van der Waals surface area contributed by atoms with Crippen LogP contribution in [0.2, 0.25) is 0 Å². The number of rotatable bonds is 2. The van der Waals surface area contributed by atoms with E-state index in [4.69, 9.17) is 15.2 Å². The smallest absolute Gasteiger partial charge is 0.410 e. The predicted octanol–water partition coefficient (Wildman–Crippen LogP) is 3.06. The van der Waals surface area contributed by atoms with Crippen molar-refractivity contribution in [2.24, 2.45) is 5.73 Å². The van der Waals surface area contributed by atoms with Gasteiger partial charge in [-0.3, -0.25) is 0 Å². The topological polar surface area (TPSA) is 64.8 Å². The number of nitrogens with zero attached hydrogens (tertiary/aromatic N) is 1. The van der Waals surface area contributed by atoms with Crippen molar-refractivity contribution in [3.8, 4) is 0 Å². The molecular weight excluding hydrogens is 280 g/mol. The van der Waals surface area contributed by atoms with E-state index in [0.717, 1.165) is 38.5 Å². The van der Waals surface area contributed by atoms with Crippen LogP contribution in [-0.4, -0.2) is 47.4 Å². The monoisotopic (exact) mass is 312 g/mol. The van der Waals surface area contributed by atoms with Gasteiger partial charge < -0.3 is 20.1 Å². The zero-order chi connectivity index (χ0) is 16.4. The zero-order valence-electron chi connectivity index (χ0n) is 14.6. The second-order valence-electron chi connectivity index (χ2n) is 8.07. The van der Waals surface area contributed by atoms with Crippen LogP contribution >= 0.6 is 0 Å². The fourth-order valence-corrected chi connectivity index (χ4v) is 3.22. The molecule has 22 heavy (non-hydrogen) atoms. The molecule has 128 valence electrons. The van der Waals surface area contributed by atoms with Gasteiger partial charge in [0.2, 0.25) is 0 Å². The molecule has 0 radical (unpaired) electrons. The summed E-state index contributed by atoms with van der Waals surface area (Å²) in [5.74, 6) is 0. The fraction of sp³-hybridized carbons (Fsp3) is 0.941. The summed E-state index contributed by atoms with van der Waals surface area (Å²) in [5.41, 5.74) is 5.40. The lowest BCUT2D eigenvalue weighted by molar-refractivity contribution is -0.121. The maximum absolute atomic E-state index is 12.1. The molecule has 1 saturated carbocycles. The van der Waals surface area contributed by atoms with Crippen LogP contribution in [0.1, 0.15) is 66.2 Å². The highest BCUT2D eigenvalue weighted by Crippen LogP contribution is 2.32. The lowest BCUT2D eigenvalue weighted by Crippen LogP contribution is -2.49. The first-order valence-electron chi connectivity index (χ1n) is 8.58. The van der Waals surface area contributed by atoms with Gasteiger partial charge in [-0.1, -0.05) is 0 Å². The molecule has 0 spiro atoms. The second kappa shape index (κ2) is 6.75. The number of hydrogen-bond donors (Lipinski definition) is 1. The van der Waals surface area contributed by atoms with Crippen molar-refractivity contribution in [3.05, 3.63) is 0 Å². The minimum atomic E-state index is -0.435. The Morgan fingerprint density at radius 3 is 2.18 bits per heavy atom. The van der Waals surface area contributed by atoms with Gasteiger partial charge in [-0.2, -0.15) is 0 Å². The molecule has 1 saturated heterocycles. The first kappa shape index (κ1) is 17.5. The van der Waals surface area contributed by atoms with Gasteiger partial charge in [0.1, 0.15) is 5.60 Å². The molecule has 0 bridgehead atoms. The number of carbonyl (C=O) groups is 1. The van der Waals surface area contributed by atoms with Crippen LogP contribution in [0, 0.1) is 0 Å². The molecule has 0 unspecified atom stereocenters. The van der Waals surface area contributed by atoms with E-state index < -0.39 is 5.60 Å². The van der Waals surface area contributed by atoms with Gasteiger partial charge in [-0.25, -0.2) is 4.79 Å². The molecule has 0 aromatic heterocycles. The molecule has 0 aromatic rings. The van der Waals surface area contributed by atoms with Gasteiger partial charge in [-0.05, 0) is 66.2 Å². The summed E-state index contributed by atoms with van der Waals surface area (Å²) in [7, 11) is 0. The standard InChI is InChI=1S/C17H32N2O3/c1-16(2,3)22-15(20)19-11-9-17(4,10-12-19)21-14-7-5-13(18)6-8-14/h13-14H,5-12,18H2,1-4H3. The summed E-state index contributed by atoms with van der Waals surface area (Å²) in [4.78, 5) is 13.9. The summed E-state index contributed by atoms with van der Waals surface area (Å²) in [6, 6.07) is 0.349. The number of carbonyl (C=O) groups excluding carboxylic acids is 1. The van der Waals surface area contributed by atoms with Crippen molar-refractivity contribution in [2.75, 3.05) is 13.1 Å². The van der Waals surface area contributed by atoms with Crippen LogP contribution in [0.5, 0.6) is 0 Å². The number of nitrogens with two attached hydrogens (primary N) is 1. The van der Waals surface area contributed by atoms with Crippen molar-refractivity contribution < 1.29 is 14.3 Å². The Morgan fingerprint density at radius 1 is 1.14 bits per heavy atom. The van der Waals surface area contributed by atoms with Crippen molar-refractivity contribution in [2.45, 2.75) is 89.6 Å². The first-order valence-corrected chi connectivity index (χ1v) is 8.58. The van der Waals surface area contributed by atoms with E-state index in [1.807, 2.05) is 20.8 Å². The predicted molar refractivity (Wildman–Crippen MR) is 86.8 cm³/mol. The molecule has 1 heterocycles. The Hall–Kier alpha value is -0.810. The largest absolute Gasteiger partial charge is 0.444 e. The van der Waals surface area contributed by atoms with E-state index in [1.165, 1.54) is 0 Å². The molecule has 0 atom stereocenters. The average Bonchev–Trinajstić information content (AvgIpc) is 2.40. The molecule has 2 rings (SSSR count). The van der Waals surface area contributed by atoms with E-state index in [9.17, 15) is 4.79 Å². The normalized spacial score (nSPS) is 29.2. The van der Waals surface area contributed by atoms with Gasteiger partial charge in [0.15, 0.2) is 0 Å². The second-order valence-corrected chi connectivity index (χ2v) is 8.07. The van der Waals surface area contributed by atoms with Crippen molar-refractivity contribution in [1.82, 2.24) is 4.90 Å². The highest BCUT2D eigenvalue weighted by atomic mass is 16.6. The van der Waals surface area contributed by atoms with Crippen molar-refractivity contribution >= 4 is 6.09 Å². The Kier molecular flexibility index (Phi) is 5.38. The van der Waals surface area contributed by atoms with Gasteiger partial charge in [0.25, 0.3) is 0 Å². The Balaban J connectivity index is 1.79. The molecule has 2 N–H and O–H groups in total. The highest BCUT2D eigenvalue weighted by molar-refractivity contribution is 5.68. The van der Waals surface area contributed by atoms with Crippen LogP contribution < -0.4 is 5.73 Å². The lowest BCUT2D eigenvalue weighted by Gasteiger charge is -2.42. The molecule has 1 aliphatic carbocycles. The molecule has 0 aromatic carbocycles. The molecule has 2 fully saturated rings. The minimum absolute atomic E-state index is 0.120. The number of piperidine rings is 1. The third-order valence-electron chi connectivity index (χ3n) is 4.64. The Labute approximate surface area is 134 Å². The summed E-state index contributed by atoms with van der Waals surface area (Å²) in [6.45, 7) is 9.28.